The fraction of sp³-hybridized carbons (Fsp3) is 0.364. The average molecular weight is 368 g/mol. The van der Waals surface area contributed by atoms with Gasteiger partial charge in [-0.1, -0.05) is 32.9 Å². The van der Waals surface area contributed by atoms with Gasteiger partial charge in [0.05, 0.1) is 11.4 Å². The third-order valence-corrected chi connectivity index (χ3v) is 4.73. The minimum absolute atomic E-state index is 0.00299. The highest BCUT2D eigenvalue weighted by atomic mass is 19.1. The van der Waals surface area contributed by atoms with Crippen LogP contribution >= 0.6 is 0 Å². The van der Waals surface area contributed by atoms with Gasteiger partial charge in [0.1, 0.15) is 5.82 Å². The van der Waals surface area contributed by atoms with Crippen LogP contribution in [0.4, 0.5) is 15.8 Å². The molecule has 0 spiro atoms. The molecule has 1 aliphatic carbocycles. The van der Waals surface area contributed by atoms with Gasteiger partial charge in [0.25, 0.3) is 5.91 Å². The molecule has 27 heavy (non-hydrogen) atoms. The Hall–Kier alpha value is -2.69. The third-order valence-electron chi connectivity index (χ3n) is 4.73. The largest absolute Gasteiger partial charge is 0.320 e. The summed E-state index contributed by atoms with van der Waals surface area (Å²) < 4.78 is 13.8. The average Bonchev–Trinajstić information content (AvgIpc) is 3.41. The van der Waals surface area contributed by atoms with Gasteiger partial charge in [-0.05, 0) is 54.2 Å². The first-order chi connectivity index (χ1) is 12.7. The van der Waals surface area contributed by atoms with Gasteiger partial charge in [-0.3, -0.25) is 9.59 Å². The molecular weight excluding hydrogens is 343 g/mol. The molecule has 0 bridgehead atoms. The lowest BCUT2D eigenvalue weighted by Gasteiger charge is -2.24. The van der Waals surface area contributed by atoms with E-state index in [1.165, 1.54) is 19.1 Å². The first-order valence-corrected chi connectivity index (χ1v) is 9.18. The van der Waals surface area contributed by atoms with Crippen LogP contribution in [-0.2, 0) is 10.2 Å². The zero-order valence-corrected chi connectivity index (χ0v) is 16.2. The normalized spacial score (nSPS) is 14.0. The van der Waals surface area contributed by atoms with Gasteiger partial charge < -0.3 is 10.2 Å². The zero-order valence-electron chi connectivity index (χ0n) is 16.2. The molecule has 2 aromatic rings. The summed E-state index contributed by atoms with van der Waals surface area (Å²) in [6.45, 7) is 7.80. The van der Waals surface area contributed by atoms with Crippen LogP contribution in [0.3, 0.4) is 0 Å². The summed E-state index contributed by atoms with van der Waals surface area (Å²) in [6.07, 6.45) is 1.83. The second kappa shape index (κ2) is 7.14. The van der Waals surface area contributed by atoms with Gasteiger partial charge in [0.2, 0.25) is 5.91 Å². The smallest absolute Gasteiger partial charge is 0.255 e. The summed E-state index contributed by atoms with van der Waals surface area (Å²) in [5, 5.41) is 2.77. The van der Waals surface area contributed by atoms with E-state index in [-0.39, 0.29) is 23.3 Å². The van der Waals surface area contributed by atoms with E-state index in [1.807, 2.05) is 12.1 Å². The number of halogens is 1. The number of hydrogen-bond acceptors (Lipinski definition) is 2. The highest BCUT2D eigenvalue weighted by molar-refractivity contribution is 6.07. The Labute approximate surface area is 159 Å². The van der Waals surface area contributed by atoms with Crippen molar-refractivity contribution in [1.29, 1.82) is 0 Å². The summed E-state index contributed by atoms with van der Waals surface area (Å²) in [7, 11) is 0. The predicted molar refractivity (Wildman–Crippen MR) is 106 cm³/mol. The molecular formula is C22H25FN2O2. The lowest BCUT2D eigenvalue weighted by Crippen LogP contribution is -2.31. The van der Waals surface area contributed by atoms with Crippen LogP contribution in [0.1, 0.15) is 56.5 Å². The lowest BCUT2D eigenvalue weighted by molar-refractivity contribution is -0.116. The monoisotopic (exact) mass is 368 g/mol. The molecule has 0 atom stereocenters. The van der Waals surface area contributed by atoms with Crippen molar-refractivity contribution in [2.24, 2.45) is 0 Å². The molecule has 1 saturated carbocycles. The molecule has 142 valence electrons. The van der Waals surface area contributed by atoms with Crippen molar-refractivity contribution in [2.45, 2.75) is 52.0 Å². The van der Waals surface area contributed by atoms with E-state index >= 15 is 0 Å². The molecule has 0 aromatic heterocycles. The maximum Gasteiger partial charge on any atom is 0.255 e. The number of hydrogen-bond donors (Lipinski definition) is 1. The first-order valence-electron chi connectivity index (χ1n) is 9.18. The molecule has 0 unspecified atom stereocenters. The predicted octanol–water partition coefficient (Wildman–Crippen LogP) is 4.89. The van der Waals surface area contributed by atoms with Crippen molar-refractivity contribution >= 4 is 23.2 Å². The second-order valence-electron chi connectivity index (χ2n) is 8.06. The van der Waals surface area contributed by atoms with Gasteiger partial charge in [-0.25, -0.2) is 4.39 Å². The Kier molecular flexibility index (Phi) is 5.05. The minimum atomic E-state index is -0.462. The number of benzene rings is 2. The van der Waals surface area contributed by atoms with Crippen LogP contribution in [0, 0.1) is 5.82 Å². The second-order valence-corrected chi connectivity index (χ2v) is 8.06. The van der Waals surface area contributed by atoms with Crippen LogP contribution in [0.15, 0.2) is 42.5 Å². The summed E-state index contributed by atoms with van der Waals surface area (Å²) in [5.41, 5.74) is 2.45. The van der Waals surface area contributed by atoms with Crippen LogP contribution in [0.5, 0.6) is 0 Å². The molecule has 5 heteroatoms. The zero-order chi connectivity index (χ0) is 19.8. The number of rotatable bonds is 4. The molecule has 0 heterocycles. The molecule has 3 rings (SSSR count). The van der Waals surface area contributed by atoms with E-state index in [4.69, 9.17) is 0 Å². The van der Waals surface area contributed by atoms with E-state index in [0.717, 1.165) is 18.4 Å². The van der Waals surface area contributed by atoms with Crippen molar-refractivity contribution in [1.82, 2.24) is 0 Å². The van der Waals surface area contributed by atoms with Gasteiger partial charge >= 0.3 is 0 Å². The highest BCUT2D eigenvalue weighted by Gasteiger charge is 2.33. The van der Waals surface area contributed by atoms with Gasteiger partial charge in [0, 0.05) is 18.5 Å². The summed E-state index contributed by atoms with van der Waals surface area (Å²) >= 11 is 0. The van der Waals surface area contributed by atoms with E-state index in [2.05, 4.69) is 26.1 Å². The molecule has 0 saturated heterocycles. The van der Waals surface area contributed by atoms with E-state index in [9.17, 15) is 14.0 Å². The quantitative estimate of drug-likeness (QED) is 0.835. The molecule has 0 radical (unpaired) electrons. The van der Waals surface area contributed by atoms with Crippen molar-refractivity contribution in [3.05, 3.63) is 59.4 Å². The maximum atomic E-state index is 13.8. The molecule has 2 aromatic carbocycles. The number of nitrogens with one attached hydrogen (secondary N) is 1. The van der Waals surface area contributed by atoms with E-state index in [1.54, 1.807) is 23.1 Å². The van der Waals surface area contributed by atoms with Crippen molar-refractivity contribution < 1.29 is 14.0 Å². The Morgan fingerprint density at radius 2 is 1.70 bits per heavy atom. The fourth-order valence-corrected chi connectivity index (χ4v) is 3.09. The standard InChI is InChI=1S/C22H25FN2O2/c1-14(26)25(18-10-11-18)20-12-9-17(23)13-19(20)24-21(27)15-5-7-16(8-6-15)22(2,3)4/h5-9,12-13,18H,10-11H2,1-4H3,(H,24,27). The van der Waals surface area contributed by atoms with Crippen LogP contribution in [0.25, 0.3) is 0 Å². The minimum Gasteiger partial charge on any atom is -0.320 e. The molecule has 2 amide bonds. The molecule has 1 N–H and O–H groups in total. The van der Waals surface area contributed by atoms with Gasteiger partial charge in [0.15, 0.2) is 0 Å². The Morgan fingerprint density at radius 3 is 2.22 bits per heavy atom. The molecule has 1 fully saturated rings. The number of nitrogens with zero attached hydrogens (tertiary/aromatic N) is 1. The van der Waals surface area contributed by atoms with Crippen LogP contribution < -0.4 is 10.2 Å². The maximum absolute atomic E-state index is 13.8. The molecule has 1 aliphatic rings. The first kappa shape index (κ1) is 19.1. The molecule has 4 nitrogen and oxygen atoms in total. The number of amides is 2. The van der Waals surface area contributed by atoms with Crippen LogP contribution in [0.2, 0.25) is 0 Å². The van der Waals surface area contributed by atoms with Crippen molar-refractivity contribution in [2.75, 3.05) is 10.2 Å². The van der Waals surface area contributed by atoms with Crippen LogP contribution in [-0.4, -0.2) is 17.9 Å². The van der Waals surface area contributed by atoms with E-state index < -0.39 is 5.82 Å². The fourth-order valence-electron chi connectivity index (χ4n) is 3.09. The summed E-state index contributed by atoms with van der Waals surface area (Å²) in [6, 6.07) is 11.6. The summed E-state index contributed by atoms with van der Waals surface area (Å²) in [5.74, 6) is -0.910. The third kappa shape index (κ3) is 4.35. The lowest BCUT2D eigenvalue weighted by atomic mass is 9.87. The Balaban J connectivity index is 1.87. The SMILES string of the molecule is CC(=O)N(c1ccc(F)cc1NC(=O)c1ccc(C(C)(C)C)cc1)C1CC1. The number of anilines is 2. The Morgan fingerprint density at radius 1 is 1.07 bits per heavy atom. The van der Waals surface area contributed by atoms with Gasteiger partial charge in [-0.2, -0.15) is 0 Å². The Bertz CT molecular complexity index is 865. The molecule has 0 aliphatic heterocycles. The summed E-state index contributed by atoms with van der Waals surface area (Å²) in [4.78, 5) is 26.4. The van der Waals surface area contributed by atoms with E-state index in [0.29, 0.717) is 16.9 Å². The number of carbonyl (C=O) groups is 2. The number of carbonyl (C=O) groups excluding carboxylic acids is 2. The topological polar surface area (TPSA) is 49.4 Å². The van der Waals surface area contributed by atoms with Crippen molar-refractivity contribution in [3.8, 4) is 0 Å². The highest BCUT2D eigenvalue weighted by Crippen LogP contribution is 2.36. The van der Waals surface area contributed by atoms with Gasteiger partial charge in [-0.15, -0.1) is 0 Å². The van der Waals surface area contributed by atoms with Crippen molar-refractivity contribution in [3.63, 3.8) is 0 Å².